The summed E-state index contributed by atoms with van der Waals surface area (Å²) in [6.07, 6.45) is 1.03. The van der Waals surface area contributed by atoms with Gasteiger partial charge in [-0.2, -0.15) is 0 Å². The first-order valence-electron chi connectivity index (χ1n) is 6.48. The largest absolute Gasteiger partial charge is 0.377 e. The zero-order valence-corrected chi connectivity index (χ0v) is 15.7. The van der Waals surface area contributed by atoms with E-state index in [0.29, 0.717) is 12.8 Å². The van der Waals surface area contributed by atoms with Crippen LogP contribution in [0.2, 0.25) is 0 Å². The summed E-state index contributed by atoms with van der Waals surface area (Å²) in [5, 5.41) is 20.2. The summed E-state index contributed by atoms with van der Waals surface area (Å²) in [7, 11) is -4.00. The fourth-order valence-corrected chi connectivity index (χ4v) is 5.98. The second kappa shape index (κ2) is 8.32. The molecular weight excluding hydrogens is 400 g/mol. The Labute approximate surface area is 133 Å². The fraction of sp³-hybridized carbons (Fsp3) is 1.00. The molecule has 0 fully saturated rings. The number of aliphatic hydroxyl groups is 2. The van der Waals surface area contributed by atoms with Crippen LogP contribution in [0.4, 0.5) is 0 Å². The number of hydrogen-bond acceptors (Lipinski definition) is 4. The second-order valence-corrected chi connectivity index (χ2v) is 9.90. The van der Waals surface area contributed by atoms with Gasteiger partial charge in [-0.3, -0.25) is 0 Å². The van der Waals surface area contributed by atoms with Gasteiger partial charge in [0.2, 0.25) is 9.84 Å². The molecule has 0 aromatic rings. The van der Waals surface area contributed by atoms with E-state index >= 15 is 0 Å². The lowest BCUT2D eigenvalue weighted by Gasteiger charge is -2.30. The molecule has 0 aromatic carbocycles. The molecule has 4 nitrogen and oxygen atoms in total. The molecule has 0 saturated heterocycles. The Morgan fingerprint density at radius 2 is 1.16 bits per heavy atom. The van der Waals surface area contributed by atoms with Crippen LogP contribution < -0.4 is 0 Å². The third-order valence-corrected chi connectivity index (χ3v) is 6.93. The fourth-order valence-electron chi connectivity index (χ4n) is 2.14. The average Bonchev–Trinajstić information content (AvgIpc) is 2.29. The van der Waals surface area contributed by atoms with Crippen LogP contribution in [0.3, 0.4) is 0 Å². The molecule has 0 aliphatic heterocycles. The van der Waals surface area contributed by atoms with Crippen molar-refractivity contribution < 1.29 is 18.6 Å². The molecule has 0 bridgehead atoms. The maximum absolute atomic E-state index is 12.3. The number of halogens is 2. The Balaban J connectivity index is 5.25. The Morgan fingerprint density at radius 1 is 0.895 bits per heavy atom. The molecule has 116 valence electrons. The van der Waals surface area contributed by atoms with Crippen LogP contribution in [0.1, 0.15) is 40.5 Å². The third-order valence-electron chi connectivity index (χ3n) is 3.53. The zero-order valence-electron chi connectivity index (χ0n) is 11.8. The van der Waals surface area contributed by atoms with Crippen LogP contribution in [-0.2, 0) is 9.84 Å². The third kappa shape index (κ3) is 4.95. The monoisotopic (exact) mass is 422 g/mol. The number of aliphatic hydroxyl groups excluding tert-OH is 2. The van der Waals surface area contributed by atoms with E-state index in [1.807, 2.05) is 13.8 Å². The van der Waals surface area contributed by atoms with Gasteiger partial charge in [-0.25, -0.2) is 8.42 Å². The van der Waals surface area contributed by atoms with Gasteiger partial charge in [0.05, 0.1) is 0 Å². The number of alkyl halides is 2. The first-order valence-corrected chi connectivity index (χ1v) is 9.92. The highest BCUT2D eigenvalue weighted by Crippen LogP contribution is 2.30. The summed E-state index contributed by atoms with van der Waals surface area (Å²) in [4.78, 5) is -0.285. The number of rotatable bonds is 8. The van der Waals surface area contributed by atoms with Gasteiger partial charge in [0.25, 0.3) is 0 Å². The van der Waals surface area contributed by atoms with Crippen LogP contribution >= 0.6 is 31.9 Å². The van der Waals surface area contributed by atoms with Gasteiger partial charge in [0, 0.05) is 21.5 Å². The van der Waals surface area contributed by atoms with Crippen molar-refractivity contribution in [2.24, 2.45) is 11.8 Å². The van der Waals surface area contributed by atoms with Crippen LogP contribution in [0.5, 0.6) is 0 Å². The quantitative estimate of drug-likeness (QED) is 0.588. The van der Waals surface area contributed by atoms with Gasteiger partial charge in [0.1, 0.15) is 0 Å². The van der Waals surface area contributed by atoms with E-state index < -0.39 is 32.5 Å². The molecule has 2 N–H and O–H groups in total. The van der Waals surface area contributed by atoms with Crippen molar-refractivity contribution >= 4 is 41.7 Å². The van der Waals surface area contributed by atoms with E-state index in [-0.39, 0.29) is 9.65 Å². The highest BCUT2D eigenvalue weighted by molar-refractivity contribution is 9.09. The van der Waals surface area contributed by atoms with E-state index in [4.69, 9.17) is 0 Å². The molecule has 0 saturated carbocycles. The molecular formula is C12H24Br2O4S. The predicted octanol–water partition coefficient (Wildman–Crippen LogP) is 2.66. The van der Waals surface area contributed by atoms with Crippen molar-refractivity contribution in [1.29, 1.82) is 0 Å². The Bertz CT molecular complexity index is 329. The highest BCUT2D eigenvalue weighted by atomic mass is 79.9. The lowest BCUT2D eigenvalue weighted by Crippen LogP contribution is -2.44. The van der Waals surface area contributed by atoms with Gasteiger partial charge in [-0.05, 0) is 12.8 Å². The predicted molar refractivity (Wildman–Crippen MR) is 85.3 cm³/mol. The Morgan fingerprint density at radius 3 is 1.32 bits per heavy atom. The van der Waals surface area contributed by atoms with Crippen LogP contribution in [0.15, 0.2) is 0 Å². The SMILES string of the molecule is CCC(C(C)Br)C(O)S(=O)(=O)C(O)C(CC)C(C)Br. The summed E-state index contributed by atoms with van der Waals surface area (Å²) in [5.41, 5.74) is -3.11. The van der Waals surface area contributed by atoms with Crippen LogP contribution in [0.25, 0.3) is 0 Å². The smallest absolute Gasteiger partial charge is 0.203 e. The van der Waals surface area contributed by atoms with Crippen molar-refractivity contribution in [3.05, 3.63) is 0 Å². The summed E-state index contributed by atoms with van der Waals surface area (Å²) in [6.45, 7) is 7.23. The van der Waals surface area contributed by atoms with E-state index in [1.54, 1.807) is 13.8 Å². The van der Waals surface area contributed by atoms with Gasteiger partial charge in [-0.15, -0.1) is 0 Å². The topological polar surface area (TPSA) is 74.6 Å². The molecule has 0 rings (SSSR count). The average molecular weight is 424 g/mol. The zero-order chi connectivity index (χ0) is 15.4. The van der Waals surface area contributed by atoms with E-state index in [9.17, 15) is 18.6 Å². The van der Waals surface area contributed by atoms with E-state index in [1.165, 1.54) is 0 Å². The molecule has 0 amide bonds. The summed E-state index contributed by atoms with van der Waals surface area (Å²) >= 11 is 6.62. The molecule has 0 aromatic heterocycles. The second-order valence-electron chi connectivity index (χ2n) is 4.87. The van der Waals surface area contributed by atoms with Crippen molar-refractivity contribution in [3.63, 3.8) is 0 Å². The molecule has 0 spiro atoms. The summed E-state index contributed by atoms with van der Waals surface area (Å²) in [5.74, 6) is -0.884. The highest BCUT2D eigenvalue weighted by Gasteiger charge is 2.41. The summed E-state index contributed by atoms with van der Waals surface area (Å²) in [6, 6.07) is 0. The summed E-state index contributed by atoms with van der Waals surface area (Å²) < 4.78 is 24.6. The number of sulfone groups is 1. The minimum absolute atomic E-state index is 0.143. The van der Waals surface area contributed by atoms with Crippen molar-refractivity contribution in [2.75, 3.05) is 0 Å². The minimum atomic E-state index is -4.00. The molecule has 0 radical (unpaired) electrons. The van der Waals surface area contributed by atoms with Crippen LogP contribution in [0, 0.1) is 11.8 Å². The van der Waals surface area contributed by atoms with E-state index in [0.717, 1.165) is 0 Å². The van der Waals surface area contributed by atoms with Crippen molar-refractivity contribution in [1.82, 2.24) is 0 Å². The molecule has 6 atom stereocenters. The molecule has 0 heterocycles. The lowest BCUT2D eigenvalue weighted by atomic mass is 10.0. The minimum Gasteiger partial charge on any atom is -0.377 e. The van der Waals surface area contributed by atoms with E-state index in [2.05, 4.69) is 31.9 Å². The van der Waals surface area contributed by atoms with Crippen LogP contribution in [-0.4, -0.2) is 39.2 Å². The maximum Gasteiger partial charge on any atom is 0.203 e. The van der Waals surface area contributed by atoms with Gasteiger partial charge >= 0.3 is 0 Å². The van der Waals surface area contributed by atoms with Gasteiger partial charge < -0.3 is 10.2 Å². The lowest BCUT2D eigenvalue weighted by molar-refractivity contribution is 0.141. The van der Waals surface area contributed by atoms with Crippen molar-refractivity contribution in [3.8, 4) is 0 Å². The first-order chi connectivity index (χ1) is 8.61. The standard InChI is InChI=1S/C12H24Br2O4S/c1-5-9(7(3)13)11(15)19(17,18)12(16)10(6-2)8(4)14/h7-12,15-16H,5-6H2,1-4H3. The Kier molecular flexibility index (Phi) is 8.68. The van der Waals surface area contributed by atoms with Gasteiger partial charge in [-0.1, -0.05) is 59.6 Å². The molecule has 0 aliphatic carbocycles. The Hall–Kier alpha value is 0.830. The maximum atomic E-state index is 12.3. The normalized spacial score (nSPS) is 22.3. The molecule has 19 heavy (non-hydrogen) atoms. The molecule has 7 heteroatoms. The first kappa shape index (κ1) is 19.8. The molecule has 0 aliphatic rings. The molecule has 6 unspecified atom stereocenters. The number of hydrogen-bond donors (Lipinski definition) is 2. The van der Waals surface area contributed by atoms with Gasteiger partial charge in [0.15, 0.2) is 10.9 Å². The van der Waals surface area contributed by atoms with Crippen molar-refractivity contribution in [2.45, 2.75) is 61.1 Å².